The Morgan fingerprint density at radius 1 is 1.00 bits per heavy atom. The SMILES string of the molecule is CN(CCOc1ccccc1F)C(=O)c1cccc(S(=O)(=O)N(C)c2cccc(Cl)c2)c1. The highest BCUT2D eigenvalue weighted by Gasteiger charge is 2.23. The molecule has 0 radical (unpaired) electrons. The summed E-state index contributed by atoms with van der Waals surface area (Å²) in [5.41, 5.74) is 0.607. The maximum Gasteiger partial charge on any atom is 0.264 e. The zero-order valence-electron chi connectivity index (χ0n) is 17.5. The van der Waals surface area contributed by atoms with Crippen LogP contribution < -0.4 is 9.04 Å². The van der Waals surface area contributed by atoms with Gasteiger partial charge in [0.05, 0.1) is 17.1 Å². The fourth-order valence-electron chi connectivity index (χ4n) is 2.93. The number of hydrogen-bond donors (Lipinski definition) is 0. The van der Waals surface area contributed by atoms with Crippen LogP contribution in [0.25, 0.3) is 0 Å². The van der Waals surface area contributed by atoms with Gasteiger partial charge in [-0.15, -0.1) is 0 Å². The van der Waals surface area contributed by atoms with E-state index in [1.165, 1.54) is 54.4 Å². The van der Waals surface area contributed by atoms with Crippen LogP contribution in [0.4, 0.5) is 10.1 Å². The zero-order chi connectivity index (χ0) is 23.3. The Labute approximate surface area is 191 Å². The van der Waals surface area contributed by atoms with Gasteiger partial charge in [-0.2, -0.15) is 0 Å². The van der Waals surface area contributed by atoms with Crippen molar-refractivity contribution in [3.8, 4) is 5.75 Å². The highest BCUT2D eigenvalue weighted by atomic mass is 35.5. The van der Waals surface area contributed by atoms with E-state index in [9.17, 15) is 17.6 Å². The number of carbonyl (C=O) groups is 1. The van der Waals surface area contributed by atoms with Gasteiger partial charge in [-0.3, -0.25) is 9.10 Å². The van der Waals surface area contributed by atoms with Gasteiger partial charge in [-0.25, -0.2) is 12.8 Å². The highest BCUT2D eigenvalue weighted by Crippen LogP contribution is 2.25. The number of carbonyl (C=O) groups excluding carboxylic acids is 1. The molecule has 0 saturated carbocycles. The Morgan fingerprint density at radius 3 is 2.44 bits per heavy atom. The predicted molar refractivity (Wildman–Crippen MR) is 122 cm³/mol. The summed E-state index contributed by atoms with van der Waals surface area (Å²) in [7, 11) is -0.931. The van der Waals surface area contributed by atoms with Crippen molar-refractivity contribution >= 4 is 33.2 Å². The number of nitrogens with zero attached hydrogens (tertiary/aromatic N) is 2. The molecule has 0 N–H and O–H groups in total. The molecule has 1 amide bonds. The molecule has 32 heavy (non-hydrogen) atoms. The maximum absolute atomic E-state index is 13.6. The predicted octanol–water partition coefficient (Wildman–Crippen LogP) is 4.46. The van der Waals surface area contributed by atoms with Crippen molar-refractivity contribution in [3.63, 3.8) is 0 Å². The van der Waals surface area contributed by atoms with Crippen molar-refractivity contribution in [2.75, 3.05) is 31.6 Å². The second-order valence-corrected chi connectivity index (χ2v) is 9.39. The van der Waals surface area contributed by atoms with Crippen molar-refractivity contribution in [1.29, 1.82) is 0 Å². The van der Waals surface area contributed by atoms with Gasteiger partial charge in [-0.1, -0.05) is 35.9 Å². The fourth-order valence-corrected chi connectivity index (χ4v) is 4.35. The van der Waals surface area contributed by atoms with Crippen LogP contribution in [-0.2, 0) is 10.0 Å². The van der Waals surface area contributed by atoms with E-state index in [1.54, 1.807) is 37.4 Å². The summed E-state index contributed by atoms with van der Waals surface area (Å²) in [5.74, 6) is -0.765. The van der Waals surface area contributed by atoms with Crippen molar-refractivity contribution in [2.45, 2.75) is 4.90 Å². The molecule has 0 saturated heterocycles. The van der Waals surface area contributed by atoms with Crippen molar-refractivity contribution < 1.29 is 22.3 Å². The molecule has 0 spiro atoms. The molecule has 3 rings (SSSR count). The number of sulfonamides is 1. The van der Waals surface area contributed by atoms with Gasteiger partial charge in [0.1, 0.15) is 6.61 Å². The van der Waals surface area contributed by atoms with Gasteiger partial charge < -0.3 is 9.64 Å². The Balaban J connectivity index is 1.71. The molecule has 0 unspecified atom stereocenters. The van der Waals surface area contributed by atoms with Crippen molar-refractivity contribution in [3.05, 3.63) is 89.2 Å². The third kappa shape index (κ3) is 5.38. The summed E-state index contributed by atoms with van der Waals surface area (Å²) in [5, 5.41) is 0.410. The number of anilines is 1. The molecule has 0 atom stereocenters. The third-order valence-electron chi connectivity index (χ3n) is 4.78. The van der Waals surface area contributed by atoms with Crippen LogP contribution in [0.1, 0.15) is 10.4 Å². The molecule has 0 aliphatic carbocycles. The number of amides is 1. The maximum atomic E-state index is 13.6. The Kier molecular flexibility index (Phi) is 7.37. The average Bonchev–Trinajstić information content (AvgIpc) is 2.79. The minimum Gasteiger partial charge on any atom is -0.489 e. The van der Waals surface area contributed by atoms with E-state index in [0.29, 0.717) is 10.7 Å². The summed E-state index contributed by atoms with van der Waals surface area (Å²) in [6.45, 7) is 0.269. The normalized spacial score (nSPS) is 11.1. The van der Waals surface area contributed by atoms with Crippen LogP contribution >= 0.6 is 11.6 Å². The number of hydrogen-bond acceptors (Lipinski definition) is 4. The van der Waals surface area contributed by atoms with Gasteiger partial charge in [0.2, 0.25) is 0 Å². The van der Waals surface area contributed by atoms with Crippen LogP contribution in [0.5, 0.6) is 5.75 Å². The van der Waals surface area contributed by atoms with Gasteiger partial charge in [0.25, 0.3) is 15.9 Å². The number of rotatable bonds is 8. The van der Waals surface area contributed by atoms with Crippen LogP contribution in [0.15, 0.2) is 77.7 Å². The first-order valence-corrected chi connectivity index (χ1v) is 11.5. The molecule has 0 aliphatic heterocycles. The second kappa shape index (κ2) is 10.0. The summed E-state index contributed by atoms with van der Waals surface area (Å²) in [6, 6.07) is 18.3. The van der Waals surface area contributed by atoms with Gasteiger partial charge in [-0.05, 0) is 48.5 Å². The molecule has 0 heterocycles. The first-order chi connectivity index (χ1) is 15.2. The average molecular weight is 477 g/mol. The molecule has 0 aliphatic rings. The van der Waals surface area contributed by atoms with E-state index in [4.69, 9.17) is 16.3 Å². The molecule has 0 fully saturated rings. The number of likely N-dealkylation sites (N-methyl/N-ethyl adjacent to an activating group) is 1. The van der Waals surface area contributed by atoms with E-state index >= 15 is 0 Å². The van der Waals surface area contributed by atoms with E-state index in [0.717, 1.165) is 4.31 Å². The van der Waals surface area contributed by atoms with Crippen molar-refractivity contribution in [1.82, 2.24) is 4.90 Å². The third-order valence-corrected chi connectivity index (χ3v) is 6.80. The van der Waals surface area contributed by atoms with Gasteiger partial charge in [0, 0.05) is 24.7 Å². The molecular weight excluding hydrogens is 455 g/mol. The summed E-state index contributed by atoms with van der Waals surface area (Å²) < 4.78 is 46.2. The second-order valence-electron chi connectivity index (χ2n) is 6.99. The topological polar surface area (TPSA) is 66.9 Å². The Morgan fingerprint density at radius 2 is 1.72 bits per heavy atom. The zero-order valence-corrected chi connectivity index (χ0v) is 19.1. The lowest BCUT2D eigenvalue weighted by Gasteiger charge is -2.21. The molecular formula is C23H22ClFN2O4S. The summed E-state index contributed by atoms with van der Waals surface area (Å²) in [4.78, 5) is 14.1. The Bertz CT molecular complexity index is 1220. The molecule has 6 nitrogen and oxygen atoms in total. The summed E-state index contributed by atoms with van der Waals surface area (Å²) in [6.07, 6.45) is 0. The standard InChI is InChI=1S/C23H22ClFN2O4S/c1-26(13-14-31-22-12-4-3-11-21(22)25)23(28)17-7-5-10-20(15-17)32(29,30)27(2)19-9-6-8-18(24)16-19/h3-12,15-16H,13-14H2,1-2H3. The van der Waals surface area contributed by atoms with Crippen LogP contribution in [0, 0.1) is 5.82 Å². The lowest BCUT2D eigenvalue weighted by atomic mass is 10.2. The van der Waals surface area contributed by atoms with Gasteiger partial charge >= 0.3 is 0 Å². The minimum atomic E-state index is -3.91. The molecule has 0 bridgehead atoms. The van der Waals surface area contributed by atoms with Crippen LogP contribution in [-0.4, -0.2) is 46.5 Å². The smallest absolute Gasteiger partial charge is 0.264 e. The number of halogens is 2. The van der Waals surface area contributed by atoms with E-state index in [2.05, 4.69) is 0 Å². The lowest BCUT2D eigenvalue weighted by Crippen LogP contribution is -2.31. The van der Waals surface area contributed by atoms with Crippen molar-refractivity contribution in [2.24, 2.45) is 0 Å². The van der Waals surface area contributed by atoms with Crippen LogP contribution in [0.2, 0.25) is 5.02 Å². The van der Waals surface area contributed by atoms with E-state index in [-0.39, 0.29) is 35.3 Å². The first kappa shape index (κ1) is 23.6. The first-order valence-electron chi connectivity index (χ1n) is 9.67. The number of benzene rings is 3. The molecule has 3 aromatic rings. The molecule has 0 aromatic heterocycles. The highest BCUT2D eigenvalue weighted by molar-refractivity contribution is 7.92. The fraction of sp³-hybridized carbons (Fsp3) is 0.174. The quantitative estimate of drug-likeness (QED) is 0.481. The van der Waals surface area contributed by atoms with Gasteiger partial charge in [0.15, 0.2) is 11.6 Å². The molecule has 9 heteroatoms. The number of para-hydroxylation sites is 1. The summed E-state index contributed by atoms with van der Waals surface area (Å²) >= 11 is 5.97. The van der Waals surface area contributed by atoms with Crippen LogP contribution in [0.3, 0.4) is 0 Å². The molecule has 168 valence electrons. The lowest BCUT2D eigenvalue weighted by molar-refractivity contribution is 0.0772. The Hall–Kier alpha value is -3.10. The van der Waals surface area contributed by atoms with E-state index in [1.807, 2.05) is 0 Å². The number of ether oxygens (including phenoxy) is 1. The largest absolute Gasteiger partial charge is 0.489 e. The monoisotopic (exact) mass is 476 g/mol. The minimum absolute atomic E-state index is 0.0261. The molecule has 3 aromatic carbocycles. The van der Waals surface area contributed by atoms with E-state index < -0.39 is 15.8 Å².